The number of ketones is 1. The number of H-pyrrole nitrogens is 1. The average Bonchev–Trinajstić information content (AvgIpc) is 3.05. The highest BCUT2D eigenvalue weighted by Crippen LogP contribution is 2.18. The second-order valence-electron chi connectivity index (χ2n) is 6.35. The molecule has 2 atom stereocenters. The predicted octanol–water partition coefficient (Wildman–Crippen LogP) is 0.113. The Hall–Kier alpha value is -2.18. The van der Waals surface area contributed by atoms with Crippen LogP contribution in [0.25, 0.3) is 10.9 Å². The van der Waals surface area contributed by atoms with Crippen molar-refractivity contribution in [1.82, 2.24) is 9.88 Å². The zero-order chi connectivity index (χ0) is 17.1. The van der Waals surface area contributed by atoms with Crippen LogP contribution in [0.15, 0.2) is 30.5 Å². The van der Waals surface area contributed by atoms with E-state index in [2.05, 4.69) is 4.98 Å². The van der Waals surface area contributed by atoms with Crippen molar-refractivity contribution >= 4 is 22.6 Å². The summed E-state index contributed by atoms with van der Waals surface area (Å²) < 4.78 is 5.27. The fourth-order valence-corrected chi connectivity index (χ4v) is 3.05. The van der Waals surface area contributed by atoms with Crippen molar-refractivity contribution in [1.29, 1.82) is 0 Å². The van der Waals surface area contributed by atoms with Gasteiger partial charge >= 0.3 is 0 Å². The van der Waals surface area contributed by atoms with Crippen LogP contribution in [-0.2, 0) is 9.53 Å². The fourth-order valence-electron chi connectivity index (χ4n) is 3.05. The summed E-state index contributed by atoms with van der Waals surface area (Å²) in [5.74, 6) is 0.133. The Labute approximate surface area is 141 Å². The van der Waals surface area contributed by atoms with Crippen molar-refractivity contribution in [2.45, 2.75) is 13.0 Å². The number of fused-ring (bicyclic) bond motifs is 1. The van der Waals surface area contributed by atoms with Gasteiger partial charge in [-0.1, -0.05) is 18.2 Å². The fraction of sp³-hybridized carbons (Fsp3) is 0.444. The number of para-hydroxylation sites is 1. The van der Waals surface area contributed by atoms with Gasteiger partial charge in [0.1, 0.15) is 6.04 Å². The summed E-state index contributed by atoms with van der Waals surface area (Å²) in [6.45, 7) is 4.65. The molecular weight excluding hydrogens is 306 g/mol. The van der Waals surface area contributed by atoms with E-state index in [1.165, 1.54) is 0 Å². The van der Waals surface area contributed by atoms with Gasteiger partial charge in [0.15, 0.2) is 6.54 Å². The molecule has 1 aliphatic heterocycles. The van der Waals surface area contributed by atoms with Crippen LogP contribution >= 0.6 is 0 Å². The highest BCUT2D eigenvalue weighted by atomic mass is 16.5. The molecule has 6 heteroatoms. The van der Waals surface area contributed by atoms with Gasteiger partial charge in [-0.3, -0.25) is 9.59 Å². The second-order valence-corrected chi connectivity index (χ2v) is 6.35. The van der Waals surface area contributed by atoms with Crippen LogP contribution in [0.4, 0.5) is 0 Å². The van der Waals surface area contributed by atoms with Gasteiger partial charge in [0.2, 0.25) is 5.78 Å². The molecule has 1 saturated heterocycles. The van der Waals surface area contributed by atoms with E-state index in [1.807, 2.05) is 43.1 Å². The van der Waals surface area contributed by atoms with Crippen LogP contribution < -0.4 is 4.90 Å². The van der Waals surface area contributed by atoms with Gasteiger partial charge in [0.05, 0.1) is 20.3 Å². The summed E-state index contributed by atoms with van der Waals surface area (Å²) in [6, 6.07) is 7.48. The Morgan fingerprint density at radius 1 is 1.29 bits per heavy atom. The van der Waals surface area contributed by atoms with E-state index in [1.54, 1.807) is 6.20 Å². The molecule has 0 saturated carbocycles. The number of quaternary nitrogens is 1. The van der Waals surface area contributed by atoms with Crippen molar-refractivity contribution < 1.29 is 19.2 Å². The van der Waals surface area contributed by atoms with Gasteiger partial charge in [0.25, 0.3) is 5.91 Å². The summed E-state index contributed by atoms with van der Waals surface area (Å²) in [4.78, 5) is 31.1. The molecule has 2 N–H and O–H groups in total. The molecule has 3 rings (SSSR count). The quantitative estimate of drug-likeness (QED) is 0.765. The molecule has 1 amide bonds. The number of morpholine rings is 1. The highest BCUT2D eigenvalue weighted by Gasteiger charge is 2.28. The maximum absolute atomic E-state index is 12.8. The smallest absolute Gasteiger partial charge is 0.277 e. The number of nitrogens with zero attached hydrogens (tertiary/aromatic N) is 1. The minimum absolute atomic E-state index is 0.0553. The lowest BCUT2D eigenvalue weighted by molar-refractivity contribution is -0.885. The van der Waals surface area contributed by atoms with Crippen LogP contribution in [0.3, 0.4) is 0 Å². The lowest BCUT2D eigenvalue weighted by Gasteiger charge is -2.28. The minimum Gasteiger partial charge on any atom is -0.378 e. The SMILES string of the molecule is C[C@H](C(=O)c1c[nH]c2ccccc12)[NH+](C)CC(=O)N1CCOCC1. The first kappa shape index (κ1) is 16.7. The van der Waals surface area contributed by atoms with Gasteiger partial charge in [-0.25, -0.2) is 0 Å². The molecule has 0 bridgehead atoms. The molecule has 1 aromatic heterocycles. The van der Waals surface area contributed by atoms with Crippen molar-refractivity contribution in [3.8, 4) is 0 Å². The van der Waals surface area contributed by atoms with E-state index in [4.69, 9.17) is 4.74 Å². The Balaban J connectivity index is 1.67. The molecule has 1 aromatic carbocycles. The molecular formula is C18H24N3O3+. The third-order valence-electron chi connectivity index (χ3n) is 4.78. The number of carbonyl (C=O) groups is 2. The number of hydrogen-bond acceptors (Lipinski definition) is 3. The number of aromatic amines is 1. The summed E-state index contributed by atoms with van der Waals surface area (Å²) in [6.07, 6.45) is 1.76. The van der Waals surface area contributed by atoms with Crippen LogP contribution in [0.2, 0.25) is 0 Å². The third-order valence-corrected chi connectivity index (χ3v) is 4.78. The number of hydrogen-bond donors (Lipinski definition) is 2. The molecule has 1 unspecified atom stereocenters. The lowest BCUT2D eigenvalue weighted by Crippen LogP contribution is -3.14. The molecule has 2 aromatic rings. The molecule has 2 heterocycles. The molecule has 0 aliphatic carbocycles. The minimum atomic E-state index is -0.283. The van der Waals surface area contributed by atoms with Crippen molar-refractivity contribution in [2.24, 2.45) is 0 Å². The first-order chi connectivity index (χ1) is 11.6. The largest absolute Gasteiger partial charge is 0.378 e. The molecule has 0 radical (unpaired) electrons. The first-order valence-electron chi connectivity index (χ1n) is 8.36. The van der Waals surface area contributed by atoms with Crippen LogP contribution in [0.5, 0.6) is 0 Å². The Kier molecular flexibility index (Phi) is 4.97. The molecule has 128 valence electrons. The number of benzene rings is 1. The topological polar surface area (TPSA) is 66.8 Å². The number of rotatable bonds is 5. The van der Waals surface area contributed by atoms with Crippen molar-refractivity contribution in [3.05, 3.63) is 36.0 Å². The Morgan fingerprint density at radius 2 is 2.00 bits per heavy atom. The van der Waals surface area contributed by atoms with E-state index < -0.39 is 0 Å². The maximum Gasteiger partial charge on any atom is 0.277 e. The number of carbonyl (C=O) groups excluding carboxylic acids is 2. The summed E-state index contributed by atoms with van der Waals surface area (Å²) in [5, 5.41) is 0.932. The summed E-state index contributed by atoms with van der Waals surface area (Å²) in [7, 11) is 1.90. The second kappa shape index (κ2) is 7.15. The monoisotopic (exact) mass is 330 g/mol. The number of likely N-dealkylation sites (N-methyl/N-ethyl adjacent to an activating group) is 1. The maximum atomic E-state index is 12.8. The summed E-state index contributed by atoms with van der Waals surface area (Å²) in [5.41, 5.74) is 1.64. The van der Waals surface area contributed by atoms with Gasteiger partial charge in [-0.2, -0.15) is 0 Å². The molecule has 1 fully saturated rings. The van der Waals surface area contributed by atoms with Crippen molar-refractivity contribution in [2.75, 3.05) is 39.9 Å². The van der Waals surface area contributed by atoms with E-state index in [0.717, 1.165) is 15.8 Å². The average molecular weight is 330 g/mol. The zero-order valence-electron chi connectivity index (χ0n) is 14.2. The van der Waals surface area contributed by atoms with Gasteiger partial charge in [-0.15, -0.1) is 0 Å². The van der Waals surface area contributed by atoms with Crippen LogP contribution in [-0.4, -0.2) is 67.5 Å². The number of amides is 1. The van der Waals surface area contributed by atoms with Crippen LogP contribution in [0.1, 0.15) is 17.3 Å². The lowest BCUT2D eigenvalue weighted by atomic mass is 10.0. The Morgan fingerprint density at radius 3 is 2.75 bits per heavy atom. The number of nitrogens with one attached hydrogen (secondary N) is 2. The van der Waals surface area contributed by atoms with Crippen LogP contribution in [0, 0.1) is 0 Å². The number of aromatic nitrogens is 1. The van der Waals surface area contributed by atoms with E-state index in [9.17, 15) is 9.59 Å². The first-order valence-corrected chi connectivity index (χ1v) is 8.36. The molecule has 1 aliphatic rings. The van der Waals surface area contributed by atoms with Crippen molar-refractivity contribution in [3.63, 3.8) is 0 Å². The van der Waals surface area contributed by atoms with Gasteiger partial charge in [-0.05, 0) is 13.0 Å². The van der Waals surface area contributed by atoms with Gasteiger partial charge in [0, 0.05) is 35.8 Å². The third kappa shape index (κ3) is 3.34. The number of ether oxygens (including phenoxy) is 1. The van der Waals surface area contributed by atoms with E-state index >= 15 is 0 Å². The summed E-state index contributed by atoms with van der Waals surface area (Å²) >= 11 is 0. The molecule has 6 nitrogen and oxygen atoms in total. The molecule has 0 spiro atoms. The van der Waals surface area contributed by atoms with E-state index in [-0.39, 0.29) is 17.7 Å². The normalized spacial score (nSPS) is 17.7. The predicted molar refractivity (Wildman–Crippen MR) is 91.2 cm³/mol. The molecule has 24 heavy (non-hydrogen) atoms. The Bertz CT molecular complexity index is 734. The van der Waals surface area contributed by atoms with Gasteiger partial charge < -0.3 is 19.5 Å². The zero-order valence-corrected chi connectivity index (χ0v) is 14.2. The van der Waals surface area contributed by atoms with E-state index in [0.29, 0.717) is 38.4 Å². The standard InChI is InChI=1S/C18H23N3O3/c1-13(20(2)12-17(22)21-7-9-24-10-8-21)18(23)15-11-19-16-6-4-3-5-14(15)16/h3-6,11,13,19H,7-10,12H2,1-2H3/p+1/t13-/m1/s1. The highest BCUT2D eigenvalue weighted by molar-refractivity contribution is 6.09. The number of Topliss-reactive ketones (excluding diaryl/α,β-unsaturated/α-hetero) is 1.